The lowest BCUT2D eigenvalue weighted by atomic mass is 10.1. The summed E-state index contributed by atoms with van der Waals surface area (Å²) in [5, 5.41) is 0. The van der Waals surface area contributed by atoms with Crippen LogP contribution < -0.4 is 0 Å². The number of rotatable bonds is 45. The van der Waals surface area contributed by atoms with E-state index in [4.69, 9.17) is 66.3 Å². The number of hydrogen-bond acceptors (Lipinski definition) is 16. The summed E-state index contributed by atoms with van der Waals surface area (Å²) in [4.78, 5) is 23.2. The molecule has 16 nitrogen and oxygen atoms in total. The minimum Gasteiger partial charge on any atom is -0.463 e. The Morgan fingerprint density at radius 3 is 0.927 bits per heavy atom. The van der Waals surface area contributed by atoms with E-state index in [1.54, 1.807) is 0 Å². The van der Waals surface area contributed by atoms with E-state index in [-0.39, 0.29) is 25.2 Å². The van der Waals surface area contributed by atoms with Crippen molar-refractivity contribution in [3.63, 3.8) is 0 Å². The largest absolute Gasteiger partial charge is 0.463 e. The Hall–Kier alpha value is -1.54. The second-order valence-electron chi connectivity index (χ2n) is 13.1. The zero-order chi connectivity index (χ0) is 40.2. The Labute approximate surface area is 331 Å². The van der Waals surface area contributed by atoms with Gasteiger partial charge in [0.05, 0.1) is 152 Å². The number of ether oxygens (including phenoxy) is 14. The molecule has 0 aromatic heterocycles. The zero-order valence-corrected chi connectivity index (χ0v) is 34.7. The number of esters is 2. The van der Waals surface area contributed by atoms with Crippen LogP contribution in [-0.4, -0.2) is 183 Å². The molecule has 55 heavy (non-hydrogen) atoms. The first-order chi connectivity index (χ1) is 26.8. The standard InChI is InChI=1S/C39H76O16/c1-5-6-7-8-9-10-11-37(40)54-35-34-52-31-30-50-27-26-48-23-22-46-19-18-44-15-14-42-12-13-43-16-17-45-20-21-47-24-25-49-28-29-51-32-33-53-36-38(41)55-39(2,3)4/h5-36H2,1-4H3. The second kappa shape index (κ2) is 43.6. The average Bonchev–Trinajstić information content (AvgIpc) is 3.15. The van der Waals surface area contributed by atoms with Crippen LogP contribution in [0.3, 0.4) is 0 Å². The molecule has 0 saturated heterocycles. The van der Waals surface area contributed by atoms with E-state index < -0.39 is 5.60 Å². The quantitative estimate of drug-likeness (QED) is 0.0645. The smallest absolute Gasteiger partial charge is 0.332 e. The minimum atomic E-state index is -0.515. The van der Waals surface area contributed by atoms with Gasteiger partial charge < -0.3 is 66.3 Å². The van der Waals surface area contributed by atoms with E-state index in [1.165, 1.54) is 25.7 Å². The molecule has 16 heteroatoms. The van der Waals surface area contributed by atoms with Crippen LogP contribution in [-0.2, 0) is 75.9 Å². The van der Waals surface area contributed by atoms with Crippen LogP contribution in [0.4, 0.5) is 0 Å². The third kappa shape index (κ3) is 48.5. The van der Waals surface area contributed by atoms with Crippen LogP contribution >= 0.6 is 0 Å². The van der Waals surface area contributed by atoms with Gasteiger partial charge >= 0.3 is 11.9 Å². The molecule has 0 aromatic rings. The van der Waals surface area contributed by atoms with Crippen molar-refractivity contribution in [3.05, 3.63) is 0 Å². The highest BCUT2D eigenvalue weighted by Gasteiger charge is 2.15. The van der Waals surface area contributed by atoms with Crippen molar-refractivity contribution < 1.29 is 75.9 Å². The number of carbonyl (C=O) groups excluding carboxylic acids is 2. The van der Waals surface area contributed by atoms with Crippen molar-refractivity contribution in [3.8, 4) is 0 Å². The van der Waals surface area contributed by atoms with Gasteiger partial charge in [0.1, 0.15) is 18.8 Å². The summed E-state index contributed by atoms with van der Waals surface area (Å²) in [6, 6.07) is 0. The van der Waals surface area contributed by atoms with Crippen LogP contribution in [0, 0.1) is 0 Å². The number of hydrogen-bond donors (Lipinski definition) is 0. The van der Waals surface area contributed by atoms with E-state index in [0.717, 1.165) is 12.8 Å². The molecule has 0 unspecified atom stereocenters. The highest BCUT2D eigenvalue weighted by Crippen LogP contribution is 2.08. The summed E-state index contributed by atoms with van der Waals surface area (Å²) in [5.41, 5.74) is -0.515. The first-order valence-electron chi connectivity index (χ1n) is 20.2. The van der Waals surface area contributed by atoms with Gasteiger partial charge in [-0.3, -0.25) is 4.79 Å². The third-order valence-electron chi connectivity index (χ3n) is 6.96. The van der Waals surface area contributed by atoms with E-state index >= 15 is 0 Å². The monoisotopic (exact) mass is 801 g/mol. The molecule has 328 valence electrons. The van der Waals surface area contributed by atoms with Gasteiger partial charge in [-0.15, -0.1) is 0 Å². The number of unbranched alkanes of at least 4 members (excludes halogenated alkanes) is 5. The lowest BCUT2D eigenvalue weighted by Gasteiger charge is -2.19. The fraction of sp³-hybridized carbons (Fsp3) is 0.949. The molecule has 0 aliphatic carbocycles. The summed E-state index contributed by atoms with van der Waals surface area (Å²) in [5.74, 6) is -0.538. The van der Waals surface area contributed by atoms with Crippen molar-refractivity contribution in [2.24, 2.45) is 0 Å². The molecule has 0 heterocycles. The summed E-state index contributed by atoms with van der Waals surface area (Å²) in [6.07, 6.45) is 7.39. The maximum absolute atomic E-state index is 11.7. The lowest BCUT2D eigenvalue weighted by molar-refractivity contribution is -0.160. The van der Waals surface area contributed by atoms with Gasteiger partial charge in [-0.25, -0.2) is 4.79 Å². The maximum Gasteiger partial charge on any atom is 0.332 e. The first kappa shape index (κ1) is 53.5. The van der Waals surface area contributed by atoms with E-state index in [1.807, 2.05) is 20.8 Å². The third-order valence-corrected chi connectivity index (χ3v) is 6.96. The van der Waals surface area contributed by atoms with E-state index in [9.17, 15) is 9.59 Å². The van der Waals surface area contributed by atoms with Crippen molar-refractivity contribution in [2.45, 2.75) is 78.2 Å². The van der Waals surface area contributed by atoms with Gasteiger partial charge in [-0.2, -0.15) is 0 Å². The predicted octanol–water partition coefficient (Wildman–Crippen LogP) is 3.82. The molecule has 0 spiro atoms. The minimum absolute atomic E-state index is 0.0871. The van der Waals surface area contributed by atoms with Crippen LogP contribution in [0.25, 0.3) is 0 Å². The van der Waals surface area contributed by atoms with Gasteiger partial charge in [0, 0.05) is 6.42 Å². The molecule has 0 fully saturated rings. The molecular formula is C39H76O16. The lowest BCUT2D eigenvalue weighted by Crippen LogP contribution is -2.27. The molecule has 0 aromatic carbocycles. The van der Waals surface area contributed by atoms with Crippen LogP contribution in [0.15, 0.2) is 0 Å². The van der Waals surface area contributed by atoms with E-state index in [2.05, 4.69) is 6.92 Å². The summed E-state index contributed by atoms with van der Waals surface area (Å²) in [7, 11) is 0. The molecule has 0 rings (SSSR count). The summed E-state index contributed by atoms with van der Waals surface area (Å²) in [6.45, 7) is 18.4. The summed E-state index contributed by atoms with van der Waals surface area (Å²) < 4.78 is 75.6. The van der Waals surface area contributed by atoms with Crippen LogP contribution in [0.2, 0.25) is 0 Å². The van der Waals surface area contributed by atoms with Gasteiger partial charge in [0.2, 0.25) is 0 Å². The van der Waals surface area contributed by atoms with Gasteiger partial charge in [-0.1, -0.05) is 39.0 Å². The van der Waals surface area contributed by atoms with Crippen LogP contribution in [0.5, 0.6) is 0 Å². The molecule has 0 aliphatic heterocycles. The highest BCUT2D eigenvalue weighted by molar-refractivity contribution is 5.71. The predicted molar refractivity (Wildman–Crippen MR) is 205 cm³/mol. The number of carbonyl (C=O) groups is 2. The zero-order valence-electron chi connectivity index (χ0n) is 34.7. The van der Waals surface area contributed by atoms with Crippen molar-refractivity contribution in [2.75, 3.05) is 165 Å². The average molecular weight is 801 g/mol. The van der Waals surface area contributed by atoms with Crippen LogP contribution in [0.1, 0.15) is 72.6 Å². The molecular weight excluding hydrogens is 724 g/mol. The van der Waals surface area contributed by atoms with Crippen molar-refractivity contribution in [1.29, 1.82) is 0 Å². The molecule has 0 saturated carbocycles. The maximum atomic E-state index is 11.7. The Morgan fingerprint density at radius 2 is 0.618 bits per heavy atom. The van der Waals surface area contributed by atoms with Gasteiger partial charge in [0.25, 0.3) is 0 Å². The SMILES string of the molecule is CCCCCCCCC(=O)OCCOCCOCCOCCOCCOCCOCCOCCOCCOCCOCCOCCOCC(=O)OC(C)(C)C. The normalized spacial score (nSPS) is 11.7. The molecule has 0 atom stereocenters. The molecule has 0 aliphatic rings. The fourth-order valence-electron chi connectivity index (χ4n) is 4.28. The first-order valence-corrected chi connectivity index (χ1v) is 20.2. The molecule has 0 amide bonds. The summed E-state index contributed by atoms with van der Waals surface area (Å²) >= 11 is 0. The molecule has 0 bridgehead atoms. The molecule has 0 N–H and O–H groups in total. The Morgan fingerprint density at radius 1 is 0.345 bits per heavy atom. The van der Waals surface area contributed by atoms with Crippen molar-refractivity contribution in [1.82, 2.24) is 0 Å². The Bertz CT molecular complexity index is 798. The topological polar surface area (TPSA) is 163 Å². The Balaban J connectivity index is 3.13. The highest BCUT2D eigenvalue weighted by atomic mass is 16.6. The second-order valence-corrected chi connectivity index (χ2v) is 13.1. The van der Waals surface area contributed by atoms with Gasteiger partial charge in [0.15, 0.2) is 0 Å². The molecule has 0 radical (unpaired) electrons. The van der Waals surface area contributed by atoms with Crippen molar-refractivity contribution >= 4 is 11.9 Å². The fourth-order valence-corrected chi connectivity index (χ4v) is 4.28. The Kier molecular flexibility index (Phi) is 42.4. The van der Waals surface area contributed by atoms with Gasteiger partial charge in [-0.05, 0) is 27.2 Å². The van der Waals surface area contributed by atoms with E-state index in [0.29, 0.717) is 158 Å².